The number of Topliss-reactive ketones (excluding diaryl/α,β-unsaturated/α-hetero) is 2. The van der Waals surface area contributed by atoms with Gasteiger partial charge in [0, 0.05) is 68.0 Å². The number of rotatable bonds is 16. The number of benzene rings is 8. The number of aryl methyl sites for hydroxylation is 3. The van der Waals surface area contributed by atoms with E-state index < -0.39 is 100 Å². The molecule has 0 aliphatic carbocycles. The van der Waals surface area contributed by atoms with E-state index in [1.807, 2.05) is 0 Å². The molecule has 29 heteroatoms. The van der Waals surface area contributed by atoms with Crippen LogP contribution in [0.15, 0.2) is 159 Å². The highest BCUT2D eigenvalue weighted by Gasteiger charge is 2.27. The van der Waals surface area contributed by atoms with Crippen LogP contribution in [0.4, 0.5) is 27.5 Å². The fraction of sp³-hybridized carbons (Fsp3) is 0.0926. The first-order chi connectivity index (χ1) is 38.7. The minimum Gasteiger partial charge on any atom is -0.321 e. The third-order valence-corrected chi connectivity index (χ3v) is 16.2. The van der Waals surface area contributed by atoms with Crippen molar-refractivity contribution in [2.45, 2.75) is 53.2 Å². The Kier molecular flexibility index (Phi) is 18.0. The van der Waals surface area contributed by atoms with E-state index in [4.69, 9.17) is 12.6 Å². The highest BCUT2D eigenvalue weighted by molar-refractivity contribution is 7.87. The predicted octanol–water partition coefficient (Wildman–Crippen LogP) is 7.90. The Morgan fingerprint density at radius 2 is 0.807 bits per heavy atom. The number of carbonyl (C=O) groups excluding carboxylic acids is 5. The Labute approximate surface area is 474 Å². The van der Waals surface area contributed by atoms with Gasteiger partial charge in [0.2, 0.25) is 0 Å². The normalized spacial score (nSPS) is 11.7. The molecule has 0 bridgehead atoms. The van der Waals surface area contributed by atoms with Gasteiger partial charge >= 0.3 is 16.6 Å². The van der Waals surface area contributed by atoms with Crippen molar-refractivity contribution in [1.82, 2.24) is 0 Å². The molecule has 8 aromatic carbocycles. The lowest BCUT2D eigenvalue weighted by molar-refractivity contribution is 0.0984. The van der Waals surface area contributed by atoms with Gasteiger partial charge in [0.25, 0.3) is 52.3 Å². The first kappa shape index (κ1) is 61.7. The van der Waals surface area contributed by atoms with Crippen LogP contribution in [0.2, 0.25) is 0 Å². The van der Waals surface area contributed by atoms with Gasteiger partial charge in [-0.2, -0.15) is 33.7 Å². The largest absolute Gasteiger partial charge is 0.425 e. The van der Waals surface area contributed by atoms with E-state index in [1.54, 1.807) is 26.0 Å². The van der Waals surface area contributed by atoms with Crippen molar-refractivity contribution in [3.63, 3.8) is 0 Å². The molecule has 0 saturated carbocycles. The van der Waals surface area contributed by atoms with Crippen molar-refractivity contribution in [3.8, 4) is 0 Å². The number of hydrogen-bond acceptors (Lipinski definition) is 16. The second-order valence-electron chi connectivity index (χ2n) is 18.3. The first-order valence-electron chi connectivity index (χ1n) is 23.7. The number of ketones is 2. The molecule has 0 heterocycles. The molecule has 83 heavy (non-hydrogen) atoms. The maximum Gasteiger partial charge on any atom is 0.425 e. The molecular weight excluding hydrogens is 1180 g/mol. The fourth-order valence-electron chi connectivity index (χ4n) is 8.76. The van der Waals surface area contributed by atoms with Crippen LogP contribution < -0.4 is 21.3 Å². The minimum atomic E-state index is -4.99. The molecule has 8 rings (SSSR count). The lowest BCUT2D eigenvalue weighted by Gasteiger charge is -2.15. The lowest BCUT2D eigenvalue weighted by Crippen LogP contribution is -2.20. The number of amides is 4. The molecular formula is C54H44N4O20S5. The summed E-state index contributed by atoms with van der Waals surface area (Å²) in [6.07, 6.45) is -0.430. The van der Waals surface area contributed by atoms with Gasteiger partial charge in [0.1, 0.15) is 19.6 Å². The van der Waals surface area contributed by atoms with Crippen LogP contribution in [0.5, 0.6) is 0 Å². The summed E-state index contributed by atoms with van der Waals surface area (Å²) in [5.74, 6) is -2.41. The van der Waals surface area contributed by atoms with Crippen LogP contribution in [0.25, 0.3) is 21.5 Å². The van der Waals surface area contributed by atoms with Crippen LogP contribution in [-0.2, 0) is 63.9 Å². The molecule has 0 fully saturated rings. The van der Waals surface area contributed by atoms with Crippen molar-refractivity contribution in [2.75, 3.05) is 21.3 Å². The van der Waals surface area contributed by atoms with E-state index in [0.717, 1.165) is 42.5 Å². The summed E-state index contributed by atoms with van der Waals surface area (Å²) in [5.41, 5.74) is 2.75. The lowest BCUT2D eigenvalue weighted by atomic mass is 9.97. The maximum absolute atomic E-state index is 13.7. The Balaban J connectivity index is 0.00000240. The van der Waals surface area contributed by atoms with E-state index >= 15 is 0 Å². The van der Waals surface area contributed by atoms with Crippen LogP contribution in [-0.4, -0.2) is 93.9 Å². The summed E-state index contributed by atoms with van der Waals surface area (Å²) in [5, 5.41) is 9.03. The van der Waals surface area contributed by atoms with Gasteiger partial charge in [-0.15, -0.1) is 12.6 Å². The Morgan fingerprint density at radius 1 is 0.410 bits per heavy atom. The monoisotopic (exact) mass is 1230 g/mol. The topological polar surface area (TPSA) is 402 Å². The Morgan fingerprint density at radius 3 is 1.23 bits per heavy atom. The van der Waals surface area contributed by atoms with E-state index in [0.29, 0.717) is 22.3 Å². The first-order valence-corrected chi connectivity index (χ1v) is 30.4. The molecule has 0 saturated heterocycles. The Hall–Kier alpha value is -8.91. The summed E-state index contributed by atoms with van der Waals surface area (Å²) in [6.45, 7) is 4.85. The van der Waals surface area contributed by atoms with E-state index in [1.165, 1.54) is 91.9 Å². The maximum atomic E-state index is 13.7. The summed E-state index contributed by atoms with van der Waals surface area (Å²) in [7, 11) is -22.8. The molecule has 0 aromatic heterocycles. The van der Waals surface area contributed by atoms with Gasteiger partial charge in [0.15, 0.2) is 11.6 Å². The molecule has 8 aromatic rings. The highest BCUT2D eigenvalue weighted by Crippen LogP contribution is 2.37. The van der Waals surface area contributed by atoms with Crippen LogP contribution in [0, 0.1) is 20.8 Å². The zero-order chi connectivity index (χ0) is 61.1. The standard InChI is InChI=1S/C54H44N4O17S4.O3S/c1-29-21-41-47(77(67,68)69)20-18-43(51(41)49(22-29)79(73,74)75)58-53(62)35-16-14-31(3)37(24-35)28-45(60)33-8-5-10-39(26-33)56-54(63)55-38-9-4-7-32(25-38)44(59)27-36-23-34(15-13-30(36)2)52(61)57-42-17-19-46(76(64,65)66)40-11-6-12-48(50(40)42)78(70,71)72;1-4(2)3/h4-26H,27-28H2,1-3H3,(H,57,61)(H,58,62)(H2,55,56,63)(H,64,65,66)(H,67,68,69)(H,70,71,72)(H,73,74,75);. The summed E-state index contributed by atoms with van der Waals surface area (Å²) in [4.78, 5) is 65.2. The highest BCUT2D eigenvalue weighted by atomic mass is 32.2. The van der Waals surface area contributed by atoms with Crippen molar-refractivity contribution in [2.24, 2.45) is 0 Å². The number of fused-ring (bicyclic) bond motifs is 2. The molecule has 0 atom stereocenters. The number of urea groups is 1. The minimum absolute atomic E-state index is 0.0204. The number of carbonyl (C=O) groups is 5. The van der Waals surface area contributed by atoms with E-state index in [9.17, 15) is 75.9 Å². The van der Waals surface area contributed by atoms with Crippen molar-refractivity contribution < 1.29 is 88.5 Å². The quantitative estimate of drug-likeness (QED) is 0.0336. The molecule has 430 valence electrons. The molecule has 0 aliphatic heterocycles. The third-order valence-electron chi connectivity index (χ3n) is 12.6. The SMILES string of the molecule is Cc1cc(S(=O)(=O)O)c2c(NC(=O)c3ccc(C)c(CC(=O)c4cccc(NC(=O)Nc5cccc(C(=O)Cc6cc(C(=O)Nc7ccc(S(=O)(=O)O)c8cccc(S(=O)(=O)O)c78)ccc6C)c5)c4)c3)ccc(S(=O)(=O)O)c2c1.O=S(=O)=O. The van der Waals surface area contributed by atoms with Crippen LogP contribution in [0.3, 0.4) is 0 Å². The zero-order valence-electron chi connectivity index (χ0n) is 43.1. The second kappa shape index (κ2) is 24.3. The average Bonchev–Trinajstić information content (AvgIpc) is 1.76. The predicted molar refractivity (Wildman–Crippen MR) is 301 cm³/mol. The second-order valence-corrected chi connectivity index (χ2v) is 24.3. The van der Waals surface area contributed by atoms with Gasteiger partial charge in [0.05, 0.1) is 11.4 Å². The molecule has 0 unspecified atom stereocenters. The molecule has 24 nitrogen and oxygen atoms in total. The molecule has 0 aliphatic rings. The molecule has 8 N–H and O–H groups in total. The molecule has 4 amide bonds. The van der Waals surface area contributed by atoms with Gasteiger partial charge in [-0.3, -0.25) is 37.4 Å². The average molecular weight is 1230 g/mol. The number of anilines is 4. The summed E-state index contributed by atoms with van der Waals surface area (Å²) in [6, 6.07) is 29.9. The van der Waals surface area contributed by atoms with Crippen molar-refractivity contribution in [3.05, 3.63) is 190 Å². The van der Waals surface area contributed by atoms with Gasteiger partial charge in [-0.25, -0.2) is 4.79 Å². The van der Waals surface area contributed by atoms with Gasteiger partial charge in [-0.1, -0.05) is 48.5 Å². The Bertz CT molecular complexity index is 4660. The van der Waals surface area contributed by atoms with E-state index in [-0.39, 0.29) is 85.0 Å². The van der Waals surface area contributed by atoms with Gasteiger partial charge < -0.3 is 21.3 Å². The fourth-order valence-corrected chi connectivity index (χ4v) is 11.7. The van der Waals surface area contributed by atoms with Gasteiger partial charge in [-0.05, 0) is 140 Å². The van der Waals surface area contributed by atoms with Crippen LogP contribution in [0.1, 0.15) is 69.2 Å². The zero-order valence-corrected chi connectivity index (χ0v) is 47.1. The summed E-state index contributed by atoms with van der Waals surface area (Å²) >= 11 is 0. The molecule has 0 spiro atoms. The van der Waals surface area contributed by atoms with E-state index in [2.05, 4.69) is 21.3 Å². The summed E-state index contributed by atoms with van der Waals surface area (Å²) < 4.78 is 163. The van der Waals surface area contributed by atoms with Crippen molar-refractivity contribution in [1.29, 1.82) is 0 Å². The number of nitrogens with one attached hydrogen (secondary N) is 4. The third kappa shape index (κ3) is 15.0. The number of hydrogen-bond donors (Lipinski definition) is 8. The van der Waals surface area contributed by atoms with Crippen molar-refractivity contribution >= 4 is 125 Å². The van der Waals surface area contributed by atoms with Crippen LogP contribution >= 0.6 is 0 Å². The molecule has 0 radical (unpaired) electrons. The smallest absolute Gasteiger partial charge is 0.321 e.